The Kier molecular flexibility index (Phi) is 27.8. The van der Waals surface area contributed by atoms with Crippen molar-refractivity contribution in [1.82, 2.24) is 0 Å². The Labute approximate surface area is 219 Å². The molecule has 3 heteroatoms. The first-order valence-electron chi connectivity index (χ1n) is 15.8. The molecule has 0 unspecified atom stereocenters. The van der Waals surface area contributed by atoms with Crippen LogP contribution in [-0.4, -0.2) is 48.0 Å². The number of hydrogen-bond acceptors (Lipinski definition) is 1. The SMILES string of the molecule is CCCCCCCCCCCCCCCCCCCCCCCC[N+](C)(C)CCC[Si]OCC. The lowest BCUT2D eigenvalue weighted by atomic mass is 10.0. The Balaban J connectivity index is 3.17. The molecule has 0 bridgehead atoms. The highest BCUT2D eigenvalue weighted by Gasteiger charge is 2.13. The smallest absolute Gasteiger partial charge is 0.229 e. The first-order valence-corrected chi connectivity index (χ1v) is 16.9. The monoisotopic (exact) mass is 496 g/mol. The highest BCUT2D eigenvalue weighted by molar-refractivity contribution is 6.26. The minimum atomic E-state index is 0.708. The van der Waals surface area contributed by atoms with Gasteiger partial charge in [0.25, 0.3) is 0 Å². The molecule has 204 valence electrons. The molecule has 0 aromatic rings. The Bertz CT molecular complexity index is 374. The van der Waals surface area contributed by atoms with E-state index >= 15 is 0 Å². The van der Waals surface area contributed by atoms with E-state index in [0.29, 0.717) is 9.76 Å². The fraction of sp³-hybridized carbons (Fsp3) is 1.00. The quantitative estimate of drug-likeness (QED) is 0.0568. The summed E-state index contributed by atoms with van der Waals surface area (Å²) in [7, 11) is 5.52. The number of hydrogen-bond donors (Lipinski definition) is 0. The predicted octanol–water partition coefficient (Wildman–Crippen LogP) is 10.1. The molecule has 0 saturated carbocycles. The summed E-state index contributed by atoms with van der Waals surface area (Å²) in [5.41, 5.74) is 0. The van der Waals surface area contributed by atoms with Gasteiger partial charge in [-0.25, -0.2) is 0 Å². The van der Waals surface area contributed by atoms with Gasteiger partial charge < -0.3 is 8.91 Å². The van der Waals surface area contributed by atoms with Crippen LogP contribution >= 0.6 is 0 Å². The van der Waals surface area contributed by atoms with Crippen molar-refractivity contribution in [2.75, 3.05) is 33.8 Å². The Morgan fingerprint density at radius 1 is 0.441 bits per heavy atom. The van der Waals surface area contributed by atoms with Crippen LogP contribution in [0.2, 0.25) is 6.04 Å². The van der Waals surface area contributed by atoms with Crippen molar-refractivity contribution in [2.24, 2.45) is 0 Å². The van der Waals surface area contributed by atoms with Gasteiger partial charge in [-0.05, 0) is 32.2 Å². The van der Waals surface area contributed by atoms with Crippen LogP contribution in [0.1, 0.15) is 162 Å². The molecular formula is C31H66NOSi+. The molecule has 0 aromatic carbocycles. The van der Waals surface area contributed by atoms with Gasteiger partial charge in [-0.1, -0.05) is 135 Å². The molecule has 0 aliphatic heterocycles. The fourth-order valence-electron chi connectivity index (χ4n) is 5.01. The second-order valence-corrected chi connectivity index (χ2v) is 12.6. The van der Waals surface area contributed by atoms with Gasteiger partial charge in [0.15, 0.2) is 0 Å². The van der Waals surface area contributed by atoms with Crippen molar-refractivity contribution in [3.8, 4) is 0 Å². The van der Waals surface area contributed by atoms with Gasteiger partial charge in [0.1, 0.15) is 0 Å². The summed E-state index contributed by atoms with van der Waals surface area (Å²) in [5, 5.41) is 0. The highest BCUT2D eigenvalue weighted by atomic mass is 28.2. The lowest BCUT2D eigenvalue weighted by molar-refractivity contribution is -0.890. The van der Waals surface area contributed by atoms with Gasteiger partial charge in [-0.3, -0.25) is 0 Å². The van der Waals surface area contributed by atoms with E-state index in [1.807, 2.05) is 0 Å². The summed E-state index contributed by atoms with van der Waals surface area (Å²) in [6.07, 6.45) is 33.5. The summed E-state index contributed by atoms with van der Waals surface area (Å²) in [4.78, 5) is 0. The largest absolute Gasteiger partial charge is 0.418 e. The number of unbranched alkanes of at least 4 members (excludes halogenated alkanes) is 21. The maximum absolute atomic E-state index is 5.48. The van der Waals surface area contributed by atoms with Crippen molar-refractivity contribution in [3.05, 3.63) is 0 Å². The molecule has 0 heterocycles. The fourth-order valence-corrected chi connectivity index (χ4v) is 5.66. The molecule has 0 N–H and O–H groups in total. The molecule has 0 aliphatic carbocycles. The molecular weight excluding hydrogens is 430 g/mol. The zero-order chi connectivity index (χ0) is 25.0. The van der Waals surface area contributed by atoms with Crippen molar-refractivity contribution in [1.29, 1.82) is 0 Å². The van der Waals surface area contributed by atoms with Gasteiger partial charge >= 0.3 is 0 Å². The van der Waals surface area contributed by atoms with Gasteiger partial charge in [0.2, 0.25) is 9.76 Å². The first-order chi connectivity index (χ1) is 16.6. The number of quaternary nitrogens is 1. The van der Waals surface area contributed by atoms with Crippen LogP contribution in [0.4, 0.5) is 0 Å². The molecule has 0 aliphatic rings. The predicted molar refractivity (Wildman–Crippen MR) is 156 cm³/mol. The third-order valence-electron chi connectivity index (χ3n) is 7.41. The van der Waals surface area contributed by atoms with Gasteiger partial charge in [-0.15, -0.1) is 0 Å². The first kappa shape index (κ1) is 34.1. The third kappa shape index (κ3) is 28.4. The van der Waals surface area contributed by atoms with Crippen molar-refractivity contribution in [3.63, 3.8) is 0 Å². The third-order valence-corrected chi connectivity index (χ3v) is 8.46. The molecule has 0 amide bonds. The molecule has 2 nitrogen and oxygen atoms in total. The zero-order valence-electron chi connectivity index (χ0n) is 24.4. The van der Waals surface area contributed by atoms with E-state index in [1.165, 1.54) is 171 Å². The highest BCUT2D eigenvalue weighted by Crippen LogP contribution is 2.15. The molecule has 0 rings (SSSR count). The number of rotatable bonds is 29. The van der Waals surface area contributed by atoms with Crippen LogP contribution in [0.15, 0.2) is 0 Å². The van der Waals surface area contributed by atoms with Crippen LogP contribution in [0.3, 0.4) is 0 Å². The Morgan fingerprint density at radius 3 is 1.12 bits per heavy atom. The van der Waals surface area contributed by atoms with Gasteiger partial charge in [0, 0.05) is 6.61 Å². The molecule has 2 radical (unpaired) electrons. The minimum absolute atomic E-state index is 0.708. The topological polar surface area (TPSA) is 9.23 Å². The van der Waals surface area contributed by atoms with Crippen LogP contribution in [0, 0.1) is 0 Å². The second kappa shape index (κ2) is 27.7. The summed E-state index contributed by atoms with van der Waals surface area (Å²) >= 11 is 0. The lowest BCUT2D eigenvalue weighted by Crippen LogP contribution is -2.41. The van der Waals surface area contributed by atoms with E-state index in [1.54, 1.807) is 0 Å². The minimum Gasteiger partial charge on any atom is -0.418 e. The molecule has 0 saturated heterocycles. The maximum atomic E-state index is 5.48. The molecule has 0 aromatic heterocycles. The van der Waals surface area contributed by atoms with E-state index < -0.39 is 0 Å². The normalized spacial score (nSPS) is 12.0. The molecule has 0 atom stereocenters. The van der Waals surface area contributed by atoms with Crippen LogP contribution < -0.4 is 0 Å². The second-order valence-electron chi connectivity index (χ2n) is 11.5. The maximum Gasteiger partial charge on any atom is 0.229 e. The van der Waals surface area contributed by atoms with Gasteiger partial charge in [0.05, 0.1) is 27.2 Å². The van der Waals surface area contributed by atoms with E-state index in [9.17, 15) is 0 Å². The Morgan fingerprint density at radius 2 is 0.765 bits per heavy atom. The van der Waals surface area contributed by atoms with Crippen molar-refractivity contribution < 1.29 is 8.91 Å². The zero-order valence-corrected chi connectivity index (χ0v) is 25.4. The average molecular weight is 497 g/mol. The van der Waals surface area contributed by atoms with E-state index in [4.69, 9.17) is 4.43 Å². The van der Waals surface area contributed by atoms with Crippen LogP contribution in [0.5, 0.6) is 0 Å². The van der Waals surface area contributed by atoms with E-state index in [2.05, 4.69) is 27.9 Å². The van der Waals surface area contributed by atoms with E-state index in [-0.39, 0.29) is 0 Å². The standard InChI is InChI=1S/C31H66NOSi/c1-5-7-8-9-10-11-12-13-14-15-16-17-18-19-20-21-22-23-24-25-26-27-29-32(3,4)30-28-31-34-33-6-2/h5-31H2,1-4H3/q+1. The molecule has 34 heavy (non-hydrogen) atoms. The average Bonchev–Trinajstić information content (AvgIpc) is 2.82. The summed E-state index contributed by atoms with van der Waals surface area (Å²) in [6.45, 7) is 7.92. The van der Waals surface area contributed by atoms with E-state index in [0.717, 1.165) is 6.61 Å². The summed E-state index contributed by atoms with van der Waals surface area (Å²) in [6, 6.07) is 1.24. The van der Waals surface area contributed by atoms with Gasteiger partial charge in [-0.2, -0.15) is 0 Å². The summed E-state index contributed by atoms with van der Waals surface area (Å²) < 4.78 is 6.67. The van der Waals surface area contributed by atoms with Crippen LogP contribution in [-0.2, 0) is 4.43 Å². The Hall–Kier alpha value is 0.137. The lowest BCUT2D eigenvalue weighted by Gasteiger charge is -2.29. The van der Waals surface area contributed by atoms with Crippen molar-refractivity contribution in [2.45, 2.75) is 168 Å². The number of nitrogens with zero attached hydrogens (tertiary/aromatic N) is 1. The van der Waals surface area contributed by atoms with Crippen LogP contribution in [0.25, 0.3) is 0 Å². The summed E-state index contributed by atoms with van der Waals surface area (Å²) in [5.74, 6) is 0. The molecule has 0 spiro atoms. The van der Waals surface area contributed by atoms with Crippen molar-refractivity contribution >= 4 is 9.76 Å². The molecule has 0 fully saturated rings.